The molecule has 0 fully saturated rings. The minimum Gasteiger partial charge on any atom is -0.867 e. The minimum atomic E-state index is -0.870. The molecule has 0 saturated carbocycles. The molecule has 1 heterocycles. The number of carbonyl (C=O) groups is 1. The van der Waals surface area contributed by atoms with Crippen LogP contribution in [0.2, 0.25) is 0 Å². The fraction of sp³-hybridized carbons (Fsp3) is 0.0556. The van der Waals surface area contributed by atoms with E-state index in [1.165, 1.54) is 13.2 Å². The number of pyridine rings is 1. The van der Waals surface area contributed by atoms with Gasteiger partial charge in [-0.3, -0.25) is 19.7 Å². The fourth-order valence-electron chi connectivity index (χ4n) is 2.57. The van der Waals surface area contributed by atoms with Gasteiger partial charge in [0.1, 0.15) is 5.75 Å². The van der Waals surface area contributed by atoms with Crippen LogP contribution in [0.4, 0.5) is 5.69 Å². The lowest BCUT2D eigenvalue weighted by atomic mass is 10.1. The number of nitro benzene ring substituents is 1. The second-order valence-corrected chi connectivity index (χ2v) is 5.61. The highest BCUT2D eigenvalue weighted by molar-refractivity contribution is 6.06. The number of aromatic nitrogens is 1. The number of benzene rings is 2. The second-order valence-electron chi connectivity index (χ2n) is 5.61. The zero-order chi connectivity index (χ0) is 20.3. The summed E-state index contributed by atoms with van der Waals surface area (Å²) in [6, 6.07) is 10.1. The highest BCUT2D eigenvalue weighted by Gasteiger charge is 2.13. The van der Waals surface area contributed by atoms with E-state index >= 15 is 0 Å². The molecule has 0 bridgehead atoms. The van der Waals surface area contributed by atoms with Gasteiger partial charge in [0.25, 0.3) is 11.6 Å². The maximum Gasteiger partial charge on any atom is 0.272 e. The van der Waals surface area contributed by atoms with Gasteiger partial charge in [0.2, 0.25) is 5.56 Å². The molecule has 0 spiro atoms. The number of ether oxygens (including phenoxy) is 1. The maximum absolute atomic E-state index is 12.4. The van der Waals surface area contributed by atoms with Crippen LogP contribution in [0.3, 0.4) is 0 Å². The van der Waals surface area contributed by atoms with Crippen molar-refractivity contribution in [2.45, 2.75) is 0 Å². The number of hydrogen-bond acceptors (Lipinski definition) is 7. The van der Waals surface area contributed by atoms with Crippen LogP contribution in [0.5, 0.6) is 11.5 Å². The zero-order valence-electron chi connectivity index (χ0n) is 14.5. The fourth-order valence-corrected chi connectivity index (χ4v) is 2.57. The predicted octanol–water partition coefficient (Wildman–Crippen LogP) is 1.28. The Labute approximate surface area is 157 Å². The second kappa shape index (κ2) is 7.58. The Balaban J connectivity index is 1.90. The van der Waals surface area contributed by atoms with Crippen molar-refractivity contribution in [1.82, 2.24) is 10.4 Å². The molecule has 3 rings (SSSR count). The standard InChI is InChI=1S/C18H14N4O6/c1-28-11-6-10(17(24)15(7-11)22(26)27)9-19-21-18(25)13-8-16(23)20-14-5-3-2-4-12(13)14/h2-9,24H,1H3,(H,20,23)(H,21,25)/p-1/b19-9-. The number of hydrogen-bond donors (Lipinski definition) is 2. The summed E-state index contributed by atoms with van der Waals surface area (Å²) in [6.07, 6.45) is 0.977. The van der Waals surface area contributed by atoms with Gasteiger partial charge in [-0.2, -0.15) is 5.10 Å². The summed E-state index contributed by atoms with van der Waals surface area (Å²) in [4.78, 5) is 36.9. The van der Waals surface area contributed by atoms with Crippen molar-refractivity contribution in [2.75, 3.05) is 7.11 Å². The molecule has 0 unspecified atom stereocenters. The summed E-state index contributed by atoms with van der Waals surface area (Å²) in [5, 5.41) is 27.3. The Bertz CT molecular complexity index is 1170. The first-order valence-electron chi connectivity index (χ1n) is 7.89. The number of nitrogens with one attached hydrogen (secondary N) is 2. The molecule has 2 aromatic carbocycles. The van der Waals surface area contributed by atoms with Gasteiger partial charge in [-0.15, -0.1) is 0 Å². The minimum absolute atomic E-state index is 0.0930. The van der Waals surface area contributed by atoms with Crippen LogP contribution in [0.15, 0.2) is 52.4 Å². The molecule has 10 nitrogen and oxygen atoms in total. The van der Waals surface area contributed by atoms with Gasteiger partial charge in [-0.25, -0.2) is 5.43 Å². The Kier molecular flexibility index (Phi) is 5.03. The van der Waals surface area contributed by atoms with Crippen LogP contribution in [0.1, 0.15) is 15.9 Å². The van der Waals surface area contributed by atoms with Crippen LogP contribution in [-0.2, 0) is 0 Å². The predicted molar refractivity (Wildman–Crippen MR) is 98.7 cm³/mol. The number of H-pyrrole nitrogens is 1. The first-order chi connectivity index (χ1) is 13.4. The SMILES string of the molecule is COc1cc(/C=N\NC(=O)c2cc(=O)[nH]c3ccccc23)c([O-])c([N+](=O)[O-])c1. The first-order valence-corrected chi connectivity index (χ1v) is 7.89. The van der Waals surface area contributed by atoms with E-state index in [1.54, 1.807) is 24.3 Å². The van der Waals surface area contributed by atoms with Crippen molar-refractivity contribution in [3.05, 3.63) is 74.1 Å². The summed E-state index contributed by atoms with van der Waals surface area (Å²) in [5.74, 6) is -1.45. The summed E-state index contributed by atoms with van der Waals surface area (Å²) in [7, 11) is 1.30. The number of amides is 1. The molecule has 0 aliphatic rings. The zero-order valence-corrected chi connectivity index (χ0v) is 14.5. The first kappa shape index (κ1) is 18.6. The molecule has 2 N–H and O–H groups in total. The van der Waals surface area contributed by atoms with E-state index in [-0.39, 0.29) is 16.9 Å². The van der Waals surface area contributed by atoms with E-state index in [1.807, 2.05) is 0 Å². The molecule has 142 valence electrons. The van der Waals surface area contributed by atoms with Gasteiger partial charge in [0, 0.05) is 17.0 Å². The Morgan fingerprint density at radius 2 is 2.04 bits per heavy atom. The van der Waals surface area contributed by atoms with Gasteiger partial charge in [-0.05, 0) is 23.4 Å². The average Bonchev–Trinajstić information content (AvgIpc) is 2.68. The van der Waals surface area contributed by atoms with E-state index in [2.05, 4.69) is 15.5 Å². The molecule has 1 aromatic heterocycles. The van der Waals surface area contributed by atoms with Crippen molar-refractivity contribution in [2.24, 2.45) is 5.10 Å². The molecule has 0 aliphatic carbocycles. The molecule has 10 heteroatoms. The number of rotatable bonds is 5. The summed E-state index contributed by atoms with van der Waals surface area (Å²) < 4.78 is 4.93. The number of fused-ring (bicyclic) bond motifs is 1. The lowest BCUT2D eigenvalue weighted by molar-refractivity contribution is -0.398. The highest BCUT2D eigenvalue weighted by Crippen LogP contribution is 2.31. The molecule has 0 saturated heterocycles. The number of carbonyl (C=O) groups excluding carboxylic acids is 1. The van der Waals surface area contributed by atoms with Crippen molar-refractivity contribution in [3.63, 3.8) is 0 Å². The molecule has 3 aromatic rings. The number of hydrazone groups is 1. The Hall–Kier alpha value is -4.21. The third kappa shape index (κ3) is 3.65. The molecule has 1 amide bonds. The molecule has 0 radical (unpaired) electrons. The number of methoxy groups -OCH3 is 1. The van der Waals surface area contributed by atoms with Crippen LogP contribution in [0, 0.1) is 10.1 Å². The largest absolute Gasteiger partial charge is 0.867 e. The van der Waals surface area contributed by atoms with Gasteiger partial charge < -0.3 is 14.8 Å². The van der Waals surface area contributed by atoms with E-state index in [0.29, 0.717) is 10.9 Å². The van der Waals surface area contributed by atoms with E-state index in [0.717, 1.165) is 18.3 Å². The van der Waals surface area contributed by atoms with Crippen molar-refractivity contribution in [1.29, 1.82) is 0 Å². The van der Waals surface area contributed by atoms with Crippen LogP contribution < -0.4 is 20.8 Å². The number of para-hydroxylation sites is 1. The Morgan fingerprint density at radius 3 is 2.75 bits per heavy atom. The molecule has 28 heavy (non-hydrogen) atoms. The summed E-state index contributed by atoms with van der Waals surface area (Å²) in [6.45, 7) is 0. The van der Waals surface area contributed by atoms with Crippen molar-refractivity contribution in [3.8, 4) is 11.5 Å². The van der Waals surface area contributed by atoms with Crippen LogP contribution in [-0.4, -0.2) is 29.1 Å². The van der Waals surface area contributed by atoms with Gasteiger partial charge >= 0.3 is 0 Å². The monoisotopic (exact) mass is 381 g/mol. The number of aromatic amines is 1. The van der Waals surface area contributed by atoms with Crippen molar-refractivity contribution < 1.29 is 19.6 Å². The smallest absolute Gasteiger partial charge is 0.272 e. The quantitative estimate of drug-likeness (QED) is 0.386. The van der Waals surface area contributed by atoms with E-state index in [9.17, 15) is 24.8 Å². The maximum atomic E-state index is 12.4. The lowest BCUT2D eigenvalue weighted by Crippen LogP contribution is -2.21. The third-order valence-corrected chi connectivity index (χ3v) is 3.87. The normalized spacial score (nSPS) is 10.9. The van der Waals surface area contributed by atoms with Gasteiger partial charge in [0.05, 0.1) is 29.9 Å². The number of nitro groups is 1. The Morgan fingerprint density at radius 1 is 1.29 bits per heavy atom. The van der Waals surface area contributed by atoms with Crippen molar-refractivity contribution >= 4 is 28.7 Å². The molecule has 0 atom stereocenters. The van der Waals surface area contributed by atoms with Gasteiger partial charge in [0.15, 0.2) is 0 Å². The topological polar surface area (TPSA) is 150 Å². The van der Waals surface area contributed by atoms with Gasteiger partial charge in [-0.1, -0.05) is 18.2 Å². The number of nitrogens with zero attached hydrogens (tertiary/aromatic N) is 2. The molecule has 0 aliphatic heterocycles. The molecular formula is C18H13N4O6-. The van der Waals surface area contributed by atoms with Crippen LogP contribution in [0.25, 0.3) is 10.9 Å². The lowest BCUT2D eigenvalue weighted by Gasteiger charge is -2.12. The van der Waals surface area contributed by atoms with Crippen LogP contribution >= 0.6 is 0 Å². The summed E-state index contributed by atoms with van der Waals surface area (Å²) in [5.41, 5.74) is 1.51. The van der Waals surface area contributed by atoms with E-state index in [4.69, 9.17) is 4.74 Å². The third-order valence-electron chi connectivity index (χ3n) is 3.87. The average molecular weight is 381 g/mol. The highest BCUT2D eigenvalue weighted by atomic mass is 16.6. The summed E-state index contributed by atoms with van der Waals surface area (Å²) >= 11 is 0. The molecular weight excluding hydrogens is 368 g/mol. The van der Waals surface area contributed by atoms with E-state index < -0.39 is 27.8 Å².